The molecule has 1 saturated heterocycles. The molecule has 120 valence electrons. The topological polar surface area (TPSA) is 89.0 Å². The number of benzene rings is 1. The average molecular weight is 353 g/mol. The van der Waals surface area contributed by atoms with Crippen LogP contribution in [0.4, 0.5) is 5.69 Å². The third-order valence-electron chi connectivity index (χ3n) is 3.79. The lowest BCUT2D eigenvalue weighted by Gasteiger charge is -2.25. The number of nitrogens with zero attached hydrogens (tertiary/aromatic N) is 2. The van der Waals surface area contributed by atoms with Crippen LogP contribution in [-0.2, 0) is 14.8 Å². The predicted octanol–water partition coefficient (Wildman–Crippen LogP) is 2.39. The lowest BCUT2D eigenvalue weighted by molar-refractivity contribution is -0.0287. The lowest BCUT2D eigenvalue weighted by atomic mass is 10.2. The second-order valence-electron chi connectivity index (χ2n) is 5.32. The summed E-state index contributed by atoms with van der Waals surface area (Å²) >= 11 is 6.06. The van der Waals surface area contributed by atoms with Gasteiger partial charge < -0.3 is 9.72 Å². The molecule has 0 unspecified atom stereocenters. The predicted molar refractivity (Wildman–Crippen MR) is 86.2 cm³/mol. The highest BCUT2D eigenvalue weighted by atomic mass is 35.5. The number of hydrogen-bond acceptors (Lipinski definition) is 4. The molecule has 1 aliphatic heterocycles. The number of halogens is 1. The molecule has 1 fully saturated rings. The van der Waals surface area contributed by atoms with Crippen LogP contribution in [0.15, 0.2) is 41.7 Å². The number of H-pyrrole nitrogens is 1. The summed E-state index contributed by atoms with van der Waals surface area (Å²) in [5, 5.41) is 5.40. The van der Waals surface area contributed by atoms with Crippen molar-refractivity contribution in [1.29, 1.82) is 0 Å². The van der Waals surface area contributed by atoms with E-state index >= 15 is 0 Å². The third-order valence-corrected chi connectivity index (χ3v) is 5.42. The van der Waals surface area contributed by atoms with Crippen molar-refractivity contribution in [3.05, 3.63) is 41.8 Å². The zero-order chi connectivity index (χ0) is 16.0. The fourth-order valence-corrected chi connectivity index (χ4v) is 3.67. The van der Waals surface area contributed by atoms with Gasteiger partial charge in [-0.3, -0.25) is 9.40 Å². The summed E-state index contributed by atoms with van der Waals surface area (Å²) in [6, 6.07) is 5.34. The Hall–Kier alpha value is -2.03. The Bertz CT molecular complexity index is 975. The number of hydrogen-bond donors (Lipinski definition) is 2. The molecule has 0 bridgehead atoms. The first kappa shape index (κ1) is 14.6. The second kappa shape index (κ2) is 5.26. The molecule has 0 amide bonds. The molecule has 7 nitrogen and oxygen atoms in total. The number of aromatic nitrogens is 3. The minimum atomic E-state index is -3.73. The molecular formula is C14H13ClN4O3S. The van der Waals surface area contributed by atoms with Gasteiger partial charge in [0.15, 0.2) is 0 Å². The maximum absolute atomic E-state index is 12.6. The zero-order valence-electron chi connectivity index (χ0n) is 11.9. The number of aromatic amines is 1. The van der Waals surface area contributed by atoms with Crippen LogP contribution in [0, 0.1) is 0 Å². The van der Waals surface area contributed by atoms with Gasteiger partial charge in [-0.1, -0.05) is 23.7 Å². The van der Waals surface area contributed by atoms with Gasteiger partial charge in [-0.05, 0) is 6.07 Å². The van der Waals surface area contributed by atoms with E-state index in [9.17, 15) is 8.42 Å². The van der Waals surface area contributed by atoms with Crippen LogP contribution in [0.3, 0.4) is 0 Å². The Morgan fingerprint density at radius 2 is 2.22 bits per heavy atom. The van der Waals surface area contributed by atoms with Crippen LogP contribution in [0.25, 0.3) is 10.9 Å². The van der Waals surface area contributed by atoms with Crippen LogP contribution in [0.1, 0.15) is 6.04 Å². The number of sulfonamides is 1. The third kappa shape index (κ3) is 2.48. The van der Waals surface area contributed by atoms with Gasteiger partial charge in [-0.15, -0.1) is 0 Å². The Balaban J connectivity index is 1.67. The van der Waals surface area contributed by atoms with Crippen LogP contribution in [0.2, 0.25) is 5.02 Å². The van der Waals surface area contributed by atoms with E-state index in [-0.39, 0.29) is 10.9 Å². The Labute approximate surface area is 137 Å². The van der Waals surface area contributed by atoms with Crippen molar-refractivity contribution in [2.24, 2.45) is 0 Å². The highest BCUT2D eigenvalue weighted by Crippen LogP contribution is 2.30. The number of anilines is 1. The molecular weight excluding hydrogens is 340 g/mol. The van der Waals surface area contributed by atoms with Crippen molar-refractivity contribution in [2.75, 3.05) is 17.9 Å². The standard InChI is InChI=1S/C14H13ClN4O3S/c15-12-5-16-14-11(12)2-1-3-13(14)18-23(20,21)10-4-17-19(6-10)9-7-22-8-9/h1-6,9,16,18H,7-8H2. The van der Waals surface area contributed by atoms with Crippen LogP contribution >= 0.6 is 11.6 Å². The molecule has 9 heteroatoms. The van der Waals surface area contributed by atoms with E-state index in [0.29, 0.717) is 29.4 Å². The molecule has 0 saturated carbocycles. The molecule has 23 heavy (non-hydrogen) atoms. The SMILES string of the molecule is O=S(=O)(Nc1cccc2c(Cl)c[nH]c12)c1cnn(C2COC2)c1. The van der Waals surface area contributed by atoms with E-state index < -0.39 is 10.0 Å². The van der Waals surface area contributed by atoms with Crippen molar-refractivity contribution >= 4 is 38.2 Å². The monoisotopic (exact) mass is 352 g/mol. The Morgan fingerprint density at radius 3 is 2.96 bits per heavy atom. The lowest BCUT2D eigenvalue weighted by Crippen LogP contribution is -2.30. The molecule has 0 spiro atoms. The molecule has 2 N–H and O–H groups in total. The molecule has 0 atom stereocenters. The minimum absolute atomic E-state index is 0.101. The van der Waals surface area contributed by atoms with E-state index in [1.54, 1.807) is 23.0 Å². The molecule has 3 aromatic rings. The van der Waals surface area contributed by atoms with Gasteiger partial charge in [0.1, 0.15) is 4.90 Å². The van der Waals surface area contributed by atoms with E-state index in [4.69, 9.17) is 16.3 Å². The summed E-state index contributed by atoms with van der Waals surface area (Å²) in [6.07, 6.45) is 4.47. The maximum atomic E-state index is 12.6. The van der Waals surface area contributed by atoms with Crippen LogP contribution in [0.5, 0.6) is 0 Å². The van der Waals surface area contributed by atoms with Crippen LogP contribution in [-0.4, -0.2) is 36.4 Å². The van der Waals surface area contributed by atoms with Gasteiger partial charge in [-0.25, -0.2) is 8.42 Å². The van der Waals surface area contributed by atoms with Gasteiger partial charge in [-0.2, -0.15) is 5.10 Å². The molecule has 0 aliphatic carbocycles. The summed E-state index contributed by atoms with van der Waals surface area (Å²) in [4.78, 5) is 3.09. The molecule has 4 rings (SSSR count). The molecule has 1 aliphatic rings. The van der Waals surface area contributed by atoms with E-state index in [0.717, 1.165) is 5.39 Å². The van der Waals surface area contributed by atoms with Gasteiger partial charge in [0.25, 0.3) is 10.0 Å². The number of rotatable bonds is 4. The second-order valence-corrected chi connectivity index (χ2v) is 7.41. The highest BCUT2D eigenvalue weighted by Gasteiger charge is 2.24. The van der Waals surface area contributed by atoms with Crippen molar-refractivity contribution in [1.82, 2.24) is 14.8 Å². The number of fused-ring (bicyclic) bond motifs is 1. The summed E-state index contributed by atoms with van der Waals surface area (Å²) < 4.78 is 34.4. The Kier molecular flexibility index (Phi) is 3.33. The first-order valence-corrected chi connectivity index (χ1v) is 8.81. The van der Waals surface area contributed by atoms with Gasteiger partial charge >= 0.3 is 0 Å². The zero-order valence-corrected chi connectivity index (χ0v) is 13.4. The van der Waals surface area contributed by atoms with E-state index in [2.05, 4.69) is 14.8 Å². The molecule has 0 radical (unpaired) electrons. The van der Waals surface area contributed by atoms with Crippen molar-refractivity contribution in [2.45, 2.75) is 10.9 Å². The fraction of sp³-hybridized carbons (Fsp3) is 0.214. The number of nitrogens with one attached hydrogen (secondary N) is 2. The minimum Gasteiger partial charge on any atom is -0.377 e. The largest absolute Gasteiger partial charge is 0.377 e. The first-order chi connectivity index (χ1) is 11.0. The summed E-state index contributed by atoms with van der Waals surface area (Å²) in [5.74, 6) is 0. The average Bonchev–Trinajstić information content (AvgIpc) is 3.06. The van der Waals surface area contributed by atoms with E-state index in [1.807, 2.05) is 6.07 Å². The van der Waals surface area contributed by atoms with Crippen molar-refractivity contribution in [3.8, 4) is 0 Å². The normalized spacial score (nSPS) is 15.7. The fourth-order valence-electron chi connectivity index (χ4n) is 2.44. The quantitative estimate of drug-likeness (QED) is 0.754. The van der Waals surface area contributed by atoms with Crippen molar-refractivity contribution in [3.63, 3.8) is 0 Å². The molecule has 2 aromatic heterocycles. The summed E-state index contributed by atoms with van der Waals surface area (Å²) in [5.41, 5.74) is 1.08. The highest BCUT2D eigenvalue weighted by molar-refractivity contribution is 7.92. The van der Waals surface area contributed by atoms with Gasteiger partial charge in [0.05, 0.1) is 41.7 Å². The number of ether oxygens (including phenoxy) is 1. The van der Waals surface area contributed by atoms with Crippen molar-refractivity contribution < 1.29 is 13.2 Å². The van der Waals surface area contributed by atoms with Gasteiger partial charge in [0.2, 0.25) is 0 Å². The Morgan fingerprint density at radius 1 is 1.39 bits per heavy atom. The first-order valence-electron chi connectivity index (χ1n) is 6.95. The smallest absolute Gasteiger partial charge is 0.265 e. The van der Waals surface area contributed by atoms with E-state index in [1.165, 1.54) is 12.4 Å². The molecule has 3 heterocycles. The maximum Gasteiger partial charge on any atom is 0.265 e. The number of para-hydroxylation sites is 1. The summed E-state index contributed by atoms with van der Waals surface area (Å²) in [7, 11) is -3.73. The summed E-state index contributed by atoms with van der Waals surface area (Å²) in [6.45, 7) is 1.10. The van der Waals surface area contributed by atoms with Crippen LogP contribution < -0.4 is 4.72 Å². The molecule has 1 aromatic carbocycles. The van der Waals surface area contributed by atoms with Gasteiger partial charge in [0, 0.05) is 17.8 Å².